The molecule has 0 aliphatic carbocycles. The molecule has 1 heterocycles. The molecular formula is C16H20BrNO4. The molecule has 0 saturated carbocycles. The van der Waals surface area contributed by atoms with Crippen molar-refractivity contribution in [3.8, 4) is 5.75 Å². The molecular weight excluding hydrogens is 350 g/mol. The second kappa shape index (κ2) is 7.13. The van der Waals surface area contributed by atoms with Crippen molar-refractivity contribution in [2.45, 2.75) is 26.4 Å². The number of carbonyl (C=O) groups is 2. The lowest BCUT2D eigenvalue weighted by Crippen LogP contribution is -2.49. The summed E-state index contributed by atoms with van der Waals surface area (Å²) in [6.45, 7) is 4.50. The van der Waals surface area contributed by atoms with Gasteiger partial charge in [-0.2, -0.15) is 0 Å². The van der Waals surface area contributed by atoms with Gasteiger partial charge >= 0.3 is 5.97 Å². The molecule has 2 rings (SSSR count). The molecule has 1 aromatic rings. The molecule has 1 aliphatic rings. The second-order valence-corrected chi connectivity index (χ2v) is 6.75. The minimum absolute atomic E-state index is 0.166. The van der Waals surface area contributed by atoms with E-state index in [1.807, 2.05) is 19.1 Å². The third-order valence-electron chi connectivity index (χ3n) is 3.79. The van der Waals surface area contributed by atoms with Crippen LogP contribution in [0.4, 0.5) is 0 Å². The average molecular weight is 370 g/mol. The third-order valence-corrected chi connectivity index (χ3v) is 4.32. The van der Waals surface area contributed by atoms with Gasteiger partial charge < -0.3 is 14.7 Å². The van der Waals surface area contributed by atoms with Gasteiger partial charge in [0.15, 0.2) is 6.10 Å². The number of benzene rings is 1. The van der Waals surface area contributed by atoms with Gasteiger partial charge in [0.2, 0.25) is 0 Å². The fourth-order valence-corrected chi connectivity index (χ4v) is 3.00. The number of carboxylic acid groups (broad SMARTS) is 1. The number of carboxylic acids is 1. The highest BCUT2D eigenvalue weighted by molar-refractivity contribution is 9.10. The largest absolute Gasteiger partial charge is 0.481 e. The summed E-state index contributed by atoms with van der Waals surface area (Å²) in [5.41, 5.74) is 0. The molecule has 6 heteroatoms. The van der Waals surface area contributed by atoms with E-state index in [1.165, 1.54) is 0 Å². The van der Waals surface area contributed by atoms with Crippen molar-refractivity contribution in [3.05, 3.63) is 28.7 Å². The molecule has 1 saturated heterocycles. The summed E-state index contributed by atoms with van der Waals surface area (Å²) in [7, 11) is 0. The Morgan fingerprint density at radius 3 is 2.55 bits per heavy atom. The van der Waals surface area contributed by atoms with Crippen LogP contribution in [0, 0.1) is 11.8 Å². The van der Waals surface area contributed by atoms with E-state index in [1.54, 1.807) is 24.0 Å². The summed E-state index contributed by atoms with van der Waals surface area (Å²) >= 11 is 3.34. The van der Waals surface area contributed by atoms with E-state index in [0.29, 0.717) is 18.7 Å². The Balaban J connectivity index is 2.00. The summed E-state index contributed by atoms with van der Waals surface area (Å²) < 4.78 is 6.59. The normalized spacial score (nSPS) is 23.0. The van der Waals surface area contributed by atoms with Crippen LogP contribution in [0.15, 0.2) is 28.7 Å². The van der Waals surface area contributed by atoms with E-state index in [4.69, 9.17) is 4.74 Å². The Morgan fingerprint density at radius 1 is 1.32 bits per heavy atom. The number of rotatable bonds is 4. The van der Waals surface area contributed by atoms with Crippen LogP contribution in [-0.2, 0) is 9.59 Å². The monoisotopic (exact) mass is 369 g/mol. The highest BCUT2D eigenvalue weighted by Crippen LogP contribution is 2.23. The first-order valence-corrected chi connectivity index (χ1v) is 8.10. The zero-order valence-corrected chi connectivity index (χ0v) is 14.2. The predicted molar refractivity (Wildman–Crippen MR) is 85.7 cm³/mol. The van der Waals surface area contributed by atoms with Crippen molar-refractivity contribution in [3.63, 3.8) is 0 Å². The van der Waals surface area contributed by atoms with E-state index in [0.717, 1.165) is 4.47 Å². The van der Waals surface area contributed by atoms with Crippen LogP contribution >= 0.6 is 15.9 Å². The van der Waals surface area contributed by atoms with E-state index in [2.05, 4.69) is 15.9 Å². The van der Waals surface area contributed by atoms with Gasteiger partial charge in [-0.15, -0.1) is 0 Å². The van der Waals surface area contributed by atoms with E-state index < -0.39 is 18.0 Å². The average Bonchev–Trinajstić information content (AvgIpc) is 2.48. The Labute approximate surface area is 138 Å². The van der Waals surface area contributed by atoms with Crippen molar-refractivity contribution in [2.24, 2.45) is 11.8 Å². The van der Waals surface area contributed by atoms with Gasteiger partial charge in [-0.05, 0) is 43.5 Å². The number of piperidine rings is 1. The molecule has 0 radical (unpaired) electrons. The molecule has 1 aromatic carbocycles. The van der Waals surface area contributed by atoms with Crippen LogP contribution < -0.4 is 4.74 Å². The van der Waals surface area contributed by atoms with Gasteiger partial charge in [-0.1, -0.05) is 22.9 Å². The Kier molecular flexibility index (Phi) is 5.45. The number of halogens is 1. The second-order valence-electron chi connectivity index (χ2n) is 5.83. The molecule has 3 unspecified atom stereocenters. The number of hydrogen-bond acceptors (Lipinski definition) is 3. The van der Waals surface area contributed by atoms with E-state index in [9.17, 15) is 14.7 Å². The lowest BCUT2D eigenvalue weighted by atomic mass is 9.90. The number of ether oxygens (including phenoxy) is 1. The summed E-state index contributed by atoms with van der Waals surface area (Å²) in [5, 5.41) is 9.18. The van der Waals surface area contributed by atoms with Gasteiger partial charge in [-0.3, -0.25) is 9.59 Å². The van der Waals surface area contributed by atoms with Gasteiger partial charge in [-0.25, -0.2) is 0 Å². The fourth-order valence-electron chi connectivity index (χ4n) is 2.74. The molecule has 0 aromatic heterocycles. The number of nitrogens with zero attached hydrogens (tertiary/aromatic N) is 1. The van der Waals surface area contributed by atoms with Crippen LogP contribution in [0.3, 0.4) is 0 Å². The smallest absolute Gasteiger partial charge is 0.308 e. The molecule has 120 valence electrons. The molecule has 0 bridgehead atoms. The van der Waals surface area contributed by atoms with Crippen molar-refractivity contribution in [2.75, 3.05) is 13.1 Å². The first-order valence-electron chi connectivity index (χ1n) is 7.30. The molecule has 1 amide bonds. The molecule has 0 spiro atoms. The molecule has 22 heavy (non-hydrogen) atoms. The Bertz CT molecular complexity index is 546. The highest BCUT2D eigenvalue weighted by Gasteiger charge is 2.34. The first kappa shape index (κ1) is 16.8. The summed E-state index contributed by atoms with van der Waals surface area (Å²) in [5.74, 6) is -0.707. The molecule has 1 fully saturated rings. The van der Waals surface area contributed by atoms with Crippen molar-refractivity contribution in [1.82, 2.24) is 4.90 Å². The maximum Gasteiger partial charge on any atom is 0.308 e. The predicted octanol–water partition coefficient (Wildman–Crippen LogP) is 2.79. The van der Waals surface area contributed by atoms with Crippen LogP contribution in [0.25, 0.3) is 0 Å². The maximum atomic E-state index is 12.5. The maximum absolute atomic E-state index is 12.5. The number of aliphatic carboxylic acids is 1. The number of likely N-dealkylation sites (tertiary alicyclic amines) is 1. The number of hydrogen-bond donors (Lipinski definition) is 1. The lowest BCUT2D eigenvalue weighted by molar-refractivity contribution is -0.149. The molecule has 3 atom stereocenters. The van der Waals surface area contributed by atoms with Crippen molar-refractivity contribution < 1.29 is 19.4 Å². The SMILES string of the molecule is CC1CC(C(=O)O)CN(C(=O)C(C)Oc2ccc(Br)cc2)C1. The molecule has 1 N–H and O–H groups in total. The van der Waals surface area contributed by atoms with Crippen LogP contribution in [0.1, 0.15) is 20.3 Å². The summed E-state index contributed by atoms with van der Waals surface area (Å²) in [4.78, 5) is 25.3. The summed E-state index contributed by atoms with van der Waals surface area (Å²) in [6.07, 6.45) is -0.0259. The van der Waals surface area contributed by atoms with Crippen molar-refractivity contribution >= 4 is 27.8 Å². The highest BCUT2D eigenvalue weighted by atomic mass is 79.9. The van der Waals surface area contributed by atoms with E-state index >= 15 is 0 Å². The minimum atomic E-state index is -0.842. The Morgan fingerprint density at radius 2 is 1.95 bits per heavy atom. The summed E-state index contributed by atoms with van der Waals surface area (Å²) in [6, 6.07) is 7.26. The number of amides is 1. The quantitative estimate of drug-likeness (QED) is 0.885. The fraction of sp³-hybridized carbons (Fsp3) is 0.500. The molecule has 5 nitrogen and oxygen atoms in total. The molecule has 1 aliphatic heterocycles. The van der Waals surface area contributed by atoms with Crippen LogP contribution in [0.5, 0.6) is 5.75 Å². The minimum Gasteiger partial charge on any atom is -0.481 e. The number of carbonyl (C=O) groups excluding carboxylic acids is 1. The third kappa shape index (κ3) is 4.22. The van der Waals surface area contributed by atoms with E-state index in [-0.39, 0.29) is 18.4 Å². The first-order chi connectivity index (χ1) is 10.4. The van der Waals surface area contributed by atoms with Gasteiger partial charge in [0, 0.05) is 17.6 Å². The lowest BCUT2D eigenvalue weighted by Gasteiger charge is -2.36. The standard InChI is InChI=1S/C16H20BrNO4/c1-10-7-12(16(20)21)9-18(8-10)15(19)11(2)22-14-5-3-13(17)4-6-14/h3-6,10-12H,7-9H2,1-2H3,(H,20,21). The zero-order valence-electron chi connectivity index (χ0n) is 12.7. The Hall–Kier alpha value is -1.56. The van der Waals surface area contributed by atoms with Gasteiger partial charge in [0.1, 0.15) is 5.75 Å². The van der Waals surface area contributed by atoms with Crippen molar-refractivity contribution in [1.29, 1.82) is 0 Å². The van der Waals surface area contributed by atoms with Crippen LogP contribution in [-0.4, -0.2) is 41.1 Å². The van der Waals surface area contributed by atoms with Gasteiger partial charge in [0.25, 0.3) is 5.91 Å². The van der Waals surface area contributed by atoms with Crippen LogP contribution in [0.2, 0.25) is 0 Å². The topological polar surface area (TPSA) is 66.8 Å². The zero-order chi connectivity index (χ0) is 16.3. The van der Waals surface area contributed by atoms with Gasteiger partial charge in [0.05, 0.1) is 5.92 Å².